The number of alkyl halides is 1. The summed E-state index contributed by atoms with van der Waals surface area (Å²) in [5.41, 5.74) is 1.06. The van der Waals surface area contributed by atoms with E-state index < -0.39 is 0 Å². The molecule has 3 nitrogen and oxygen atoms in total. The molecule has 16 heavy (non-hydrogen) atoms. The van der Waals surface area contributed by atoms with Gasteiger partial charge in [0.25, 0.3) is 0 Å². The Labute approximate surface area is 109 Å². The van der Waals surface area contributed by atoms with E-state index in [0.717, 1.165) is 16.5 Å². The molecule has 1 aromatic rings. The second-order valence-corrected chi connectivity index (χ2v) is 4.58. The van der Waals surface area contributed by atoms with E-state index >= 15 is 0 Å². The van der Waals surface area contributed by atoms with Gasteiger partial charge in [0.05, 0.1) is 0 Å². The lowest BCUT2D eigenvalue weighted by Crippen LogP contribution is -2.35. The number of carbonyl (C=O) groups is 1. The van der Waals surface area contributed by atoms with E-state index in [-0.39, 0.29) is 6.03 Å². The molecule has 0 radical (unpaired) electrons. The van der Waals surface area contributed by atoms with Crippen LogP contribution in [0.15, 0.2) is 28.7 Å². The summed E-state index contributed by atoms with van der Waals surface area (Å²) in [6.45, 7) is 1.12. The molecular weight excluding hydrogens is 291 g/mol. The number of hydrogen-bond donors (Lipinski definition) is 2. The van der Waals surface area contributed by atoms with Crippen molar-refractivity contribution in [3.63, 3.8) is 0 Å². The van der Waals surface area contributed by atoms with Gasteiger partial charge in [0.15, 0.2) is 0 Å². The average molecular weight is 306 g/mol. The Morgan fingerprint density at radius 1 is 1.38 bits per heavy atom. The topological polar surface area (TPSA) is 41.1 Å². The summed E-state index contributed by atoms with van der Waals surface area (Å²) in [7, 11) is 0. The summed E-state index contributed by atoms with van der Waals surface area (Å²) in [5, 5.41) is 5.49. The molecule has 5 heteroatoms. The quantitative estimate of drug-likeness (QED) is 0.637. The van der Waals surface area contributed by atoms with Crippen LogP contribution in [-0.2, 0) is 6.54 Å². The summed E-state index contributed by atoms with van der Waals surface area (Å²) in [6, 6.07) is 7.66. The first-order valence-electron chi connectivity index (χ1n) is 5.04. The number of carbonyl (C=O) groups excluding carboxylic acids is 1. The van der Waals surface area contributed by atoms with Gasteiger partial charge in [-0.05, 0) is 24.1 Å². The zero-order valence-corrected chi connectivity index (χ0v) is 11.1. The monoisotopic (exact) mass is 304 g/mol. The number of nitrogens with one attached hydrogen (secondary N) is 2. The molecule has 0 unspecified atom stereocenters. The third-order valence-corrected chi connectivity index (χ3v) is 2.70. The van der Waals surface area contributed by atoms with Crippen molar-refractivity contribution in [1.82, 2.24) is 10.6 Å². The fourth-order valence-electron chi connectivity index (χ4n) is 1.16. The van der Waals surface area contributed by atoms with Gasteiger partial charge >= 0.3 is 6.03 Å². The molecule has 0 atom stereocenters. The van der Waals surface area contributed by atoms with Gasteiger partial charge in [-0.3, -0.25) is 0 Å². The molecule has 1 rings (SSSR count). The van der Waals surface area contributed by atoms with E-state index in [1.54, 1.807) is 0 Å². The van der Waals surface area contributed by atoms with Gasteiger partial charge in [0, 0.05) is 23.4 Å². The van der Waals surface area contributed by atoms with E-state index in [1.165, 1.54) is 0 Å². The Hall–Kier alpha value is -0.740. The lowest BCUT2D eigenvalue weighted by molar-refractivity contribution is 0.240. The summed E-state index contributed by atoms with van der Waals surface area (Å²) < 4.78 is 1.01. The number of urea groups is 1. The fraction of sp³-hybridized carbons (Fsp3) is 0.364. The van der Waals surface area contributed by atoms with Crippen LogP contribution in [0.3, 0.4) is 0 Å². The predicted molar refractivity (Wildman–Crippen MR) is 69.7 cm³/mol. The highest BCUT2D eigenvalue weighted by Crippen LogP contribution is 2.11. The molecule has 88 valence electrons. The summed E-state index contributed by atoms with van der Waals surface area (Å²) in [5.74, 6) is 0.561. The molecule has 0 aliphatic heterocycles. The lowest BCUT2D eigenvalue weighted by Gasteiger charge is -2.07. The Morgan fingerprint density at radius 3 is 2.88 bits per heavy atom. The van der Waals surface area contributed by atoms with Crippen molar-refractivity contribution < 1.29 is 4.79 Å². The summed E-state index contributed by atoms with van der Waals surface area (Å²) in [4.78, 5) is 11.3. The van der Waals surface area contributed by atoms with Crippen molar-refractivity contribution in [2.75, 3.05) is 12.4 Å². The van der Waals surface area contributed by atoms with Crippen LogP contribution in [0.5, 0.6) is 0 Å². The highest BCUT2D eigenvalue weighted by atomic mass is 79.9. The minimum absolute atomic E-state index is 0.162. The standard InChI is InChI=1S/C11H14BrClN2O/c12-10-4-1-3-9(7-10)8-15-11(16)14-6-2-5-13/h1,3-4,7H,2,5-6,8H2,(H2,14,15,16). The first kappa shape index (κ1) is 13.3. The first-order valence-corrected chi connectivity index (χ1v) is 6.37. The molecule has 2 amide bonds. The normalized spacial score (nSPS) is 9.88. The molecule has 0 aliphatic carbocycles. The summed E-state index contributed by atoms with van der Waals surface area (Å²) >= 11 is 8.88. The molecule has 0 aromatic heterocycles. The van der Waals surface area contributed by atoms with Gasteiger partial charge in [-0.25, -0.2) is 4.79 Å². The van der Waals surface area contributed by atoms with Crippen molar-refractivity contribution in [3.8, 4) is 0 Å². The Kier molecular flexibility index (Phi) is 6.26. The maximum atomic E-state index is 11.3. The maximum Gasteiger partial charge on any atom is 0.315 e. The fourth-order valence-corrected chi connectivity index (χ4v) is 1.74. The highest BCUT2D eigenvalue weighted by molar-refractivity contribution is 9.10. The van der Waals surface area contributed by atoms with Crippen LogP contribution in [0.25, 0.3) is 0 Å². The largest absolute Gasteiger partial charge is 0.338 e. The molecule has 2 N–H and O–H groups in total. The first-order chi connectivity index (χ1) is 7.72. The molecule has 0 bridgehead atoms. The molecule has 0 saturated heterocycles. The SMILES string of the molecule is O=C(NCCCCl)NCc1cccc(Br)c1. The van der Waals surface area contributed by atoms with Gasteiger partial charge in [-0.2, -0.15) is 0 Å². The average Bonchev–Trinajstić information content (AvgIpc) is 2.27. The van der Waals surface area contributed by atoms with Gasteiger partial charge in [0.1, 0.15) is 0 Å². The van der Waals surface area contributed by atoms with E-state index in [0.29, 0.717) is 19.0 Å². The number of hydrogen-bond acceptors (Lipinski definition) is 1. The third kappa shape index (κ3) is 5.37. The van der Waals surface area contributed by atoms with E-state index in [9.17, 15) is 4.79 Å². The van der Waals surface area contributed by atoms with Crippen LogP contribution >= 0.6 is 27.5 Å². The van der Waals surface area contributed by atoms with Crippen LogP contribution in [0.2, 0.25) is 0 Å². The number of amides is 2. The van der Waals surface area contributed by atoms with Gasteiger partial charge in [-0.15, -0.1) is 11.6 Å². The van der Waals surface area contributed by atoms with Crippen molar-refractivity contribution >= 4 is 33.6 Å². The minimum Gasteiger partial charge on any atom is -0.338 e. The minimum atomic E-state index is -0.162. The molecule has 1 aromatic carbocycles. The number of rotatable bonds is 5. The van der Waals surface area contributed by atoms with Gasteiger partial charge in [0.2, 0.25) is 0 Å². The lowest BCUT2D eigenvalue weighted by atomic mass is 10.2. The van der Waals surface area contributed by atoms with Crippen LogP contribution in [0.1, 0.15) is 12.0 Å². The van der Waals surface area contributed by atoms with Crippen molar-refractivity contribution in [3.05, 3.63) is 34.3 Å². The molecule has 0 spiro atoms. The van der Waals surface area contributed by atoms with Gasteiger partial charge < -0.3 is 10.6 Å². The Bertz CT molecular complexity index is 347. The van der Waals surface area contributed by atoms with E-state index in [1.807, 2.05) is 24.3 Å². The van der Waals surface area contributed by atoms with Crippen molar-refractivity contribution in [2.45, 2.75) is 13.0 Å². The van der Waals surface area contributed by atoms with Crippen LogP contribution in [-0.4, -0.2) is 18.5 Å². The Morgan fingerprint density at radius 2 is 2.19 bits per heavy atom. The summed E-state index contributed by atoms with van der Waals surface area (Å²) in [6.07, 6.45) is 0.784. The zero-order valence-electron chi connectivity index (χ0n) is 8.80. The Balaban J connectivity index is 2.26. The van der Waals surface area contributed by atoms with Crippen molar-refractivity contribution in [2.24, 2.45) is 0 Å². The molecular formula is C11H14BrClN2O. The zero-order chi connectivity index (χ0) is 11.8. The van der Waals surface area contributed by atoms with E-state index in [2.05, 4.69) is 26.6 Å². The third-order valence-electron chi connectivity index (χ3n) is 1.94. The highest BCUT2D eigenvalue weighted by Gasteiger charge is 1.99. The molecule has 0 heterocycles. The van der Waals surface area contributed by atoms with Gasteiger partial charge in [-0.1, -0.05) is 28.1 Å². The van der Waals surface area contributed by atoms with E-state index in [4.69, 9.17) is 11.6 Å². The van der Waals surface area contributed by atoms with Crippen LogP contribution < -0.4 is 10.6 Å². The second kappa shape index (κ2) is 7.52. The molecule has 0 aliphatic rings. The predicted octanol–water partition coefficient (Wildman–Crippen LogP) is 2.88. The molecule has 0 saturated carbocycles. The van der Waals surface area contributed by atoms with Crippen molar-refractivity contribution in [1.29, 1.82) is 0 Å². The van der Waals surface area contributed by atoms with Crippen LogP contribution in [0.4, 0.5) is 4.79 Å². The number of halogens is 2. The number of benzene rings is 1. The maximum absolute atomic E-state index is 11.3. The smallest absolute Gasteiger partial charge is 0.315 e. The second-order valence-electron chi connectivity index (χ2n) is 3.28. The molecule has 0 fully saturated rings. The van der Waals surface area contributed by atoms with Crippen LogP contribution in [0, 0.1) is 0 Å².